The summed E-state index contributed by atoms with van der Waals surface area (Å²) in [4.78, 5) is 25.4. The highest BCUT2D eigenvalue weighted by atomic mass is 35.5. The normalized spacial score (nSPS) is 10.6. The number of hydrogen-bond donors (Lipinski definition) is 2. The van der Waals surface area contributed by atoms with Crippen molar-refractivity contribution in [3.05, 3.63) is 34.9 Å². The smallest absolute Gasteiger partial charge is 0.257 e. The van der Waals surface area contributed by atoms with E-state index in [4.69, 9.17) is 16.7 Å². The molecule has 20 heavy (non-hydrogen) atoms. The highest BCUT2D eigenvalue weighted by Crippen LogP contribution is 2.09. The lowest BCUT2D eigenvalue weighted by atomic mass is 10.2. The molecule has 0 unspecified atom stereocenters. The van der Waals surface area contributed by atoms with E-state index in [2.05, 4.69) is 5.32 Å². The van der Waals surface area contributed by atoms with Crippen LogP contribution in [0.15, 0.2) is 24.3 Å². The second-order valence-electron chi connectivity index (χ2n) is 4.38. The summed E-state index contributed by atoms with van der Waals surface area (Å²) in [5, 5.41) is 11.8. The highest BCUT2D eigenvalue weighted by molar-refractivity contribution is 6.30. The van der Waals surface area contributed by atoms with Crippen molar-refractivity contribution in [1.29, 1.82) is 0 Å². The molecule has 0 heterocycles. The largest absolute Gasteiger partial charge is 0.395 e. The van der Waals surface area contributed by atoms with Gasteiger partial charge in [0.15, 0.2) is 0 Å². The fourth-order valence-corrected chi connectivity index (χ4v) is 1.90. The van der Waals surface area contributed by atoms with Gasteiger partial charge in [0.25, 0.3) is 5.91 Å². The van der Waals surface area contributed by atoms with Crippen molar-refractivity contribution in [2.24, 2.45) is 0 Å². The molecule has 2 N–H and O–H groups in total. The van der Waals surface area contributed by atoms with Crippen LogP contribution in [-0.2, 0) is 4.79 Å². The first kappa shape index (κ1) is 16.6. The number of carbonyl (C=O) groups is 2. The molecule has 1 rings (SSSR count). The number of aliphatic hydroxyl groups excluding tert-OH is 1. The molecule has 6 heteroatoms. The van der Waals surface area contributed by atoms with Crippen LogP contribution in [0.5, 0.6) is 0 Å². The van der Waals surface area contributed by atoms with Gasteiger partial charge in [0.2, 0.25) is 5.91 Å². The van der Waals surface area contributed by atoms with Crippen LogP contribution < -0.4 is 5.32 Å². The Balaban J connectivity index is 2.52. The number of halogens is 1. The average molecular weight is 299 g/mol. The van der Waals surface area contributed by atoms with E-state index in [1.165, 1.54) is 0 Å². The number of rotatable bonds is 7. The summed E-state index contributed by atoms with van der Waals surface area (Å²) in [6, 6.07) is 6.30. The topological polar surface area (TPSA) is 69.6 Å². The lowest BCUT2D eigenvalue weighted by Gasteiger charge is -2.19. The van der Waals surface area contributed by atoms with Gasteiger partial charge in [0.05, 0.1) is 13.2 Å². The van der Waals surface area contributed by atoms with Gasteiger partial charge in [0, 0.05) is 17.1 Å². The molecule has 0 aliphatic heterocycles. The number of aliphatic hydroxyl groups is 1. The van der Waals surface area contributed by atoms with Crippen LogP contribution in [0, 0.1) is 0 Å². The summed E-state index contributed by atoms with van der Waals surface area (Å²) in [6.07, 6.45) is 0.873. The lowest BCUT2D eigenvalue weighted by molar-refractivity contribution is -0.121. The summed E-state index contributed by atoms with van der Waals surface area (Å²) in [6.45, 7) is 3.17. The second kappa shape index (κ2) is 8.68. The van der Waals surface area contributed by atoms with Gasteiger partial charge >= 0.3 is 0 Å². The third kappa shape index (κ3) is 5.69. The Morgan fingerprint density at radius 1 is 1.25 bits per heavy atom. The number of amides is 2. The first-order valence-electron chi connectivity index (χ1n) is 6.49. The first-order valence-corrected chi connectivity index (χ1v) is 6.87. The highest BCUT2D eigenvalue weighted by Gasteiger charge is 2.13. The monoisotopic (exact) mass is 298 g/mol. The molecule has 0 bridgehead atoms. The standard InChI is InChI=1S/C14H19ClN2O3/c1-2-7-17(8-9-18)10-13(19)16-14(20)11-3-5-12(15)6-4-11/h3-6,18H,2,7-10H2,1H3,(H,16,19,20). The SMILES string of the molecule is CCCN(CCO)CC(=O)NC(=O)c1ccc(Cl)cc1. The molecule has 0 saturated heterocycles. The molecule has 0 spiro atoms. The molecule has 0 aromatic heterocycles. The Labute approximate surface area is 123 Å². The molecule has 0 fully saturated rings. The van der Waals surface area contributed by atoms with Gasteiger partial charge in [-0.2, -0.15) is 0 Å². The van der Waals surface area contributed by atoms with Crippen molar-refractivity contribution in [2.75, 3.05) is 26.2 Å². The quantitative estimate of drug-likeness (QED) is 0.796. The Morgan fingerprint density at radius 3 is 2.45 bits per heavy atom. The summed E-state index contributed by atoms with van der Waals surface area (Å²) < 4.78 is 0. The van der Waals surface area contributed by atoms with Crippen molar-refractivity contribution in [3.8, 4) is 0 Å². The third-order valence-corrected chi connectivity index (χ3v) is 2.93. The Kier molecular flexibility index (Phi) is 7.22. The minimum absolute atomic E-state index is 0.0155. The minimum atomic E-state index is -0.452. The van der Waals surface area contributed by atoms with E-state index in [0.717, 1.165) is 6.42 Å². The second-order valence-corrected chi connectivity index (χ2v) is 4.82. The van der Waals surface area contributed by atoms with E-state index in [9.17, 15) is 9.59 Å². The Hall–Kier alpha value is -1.43. The van der Waals surface area contributed by atoms with E-state index < -0.39 is 5.91 Å². The van der Waals surface area contributed by atoms with E-state index in [-0.39, 0.29) is 19.1 Å². The molecule has 2 amide bonds. The molecular formula is C14H19ClN2O3. The zero-order valence-corrected chi connectivity index (χ0v) is 12.2. The van der Waals surface area contributed by atoms with Crippen molar-refractivity contribution in [3.63, 3.8) is 0 Å². The van der Waals surface area contributed by atoms with Crippen molar-refractivity contribution in [2.45, 2.75) is 13.3 Å². The minimum Gasteiger partial charge on any atom is -0.395 e. The lowest BCUT2D eigenvalue weighted by Crippen LogP contribution is -2.41. The van der Waals surface area contributed by atoms with Crippen molar-refractivity contribution in [1.82, 2.24) is 10.2 Å². The van der Waals surface area contributed by atoms with E-state index in [1.807, 2.05) is 6.92 Å². The maximum atomic E-state index is 11.8. The molecule has 0 aliphatic carbocycles. The van der Waals surface area contributed by atoms with Crippen LogP contribution in [0.25, 0.3) is 0 Å². The molecule has 0 atom stereocenters. The molecule has 110 valence electrons. The number of benzene rings is 1. The van der Waals surface area contributed by atoms with Crippen LogP contribution in [0.2, 0.25) is 5.02 Å². The summed E-state index contributed by atoms with van der Waals surface area (Å²) in [5.74, 6) is -0.834. The van der Waals surface area contributed by atoms with Gasteiger partial charge in [-0.15, -0.1) is 0 Å². The van der Waals surface area contributed by atoms with Gasteiger partial charge in [-0.1, -0.05) is 18.5 Å². The van der Waals surface area contributed by atoms with Crippen LogP contribution in [0.3, 0.4) is 0 Å². The maximum absolute atomic E-state index is 11.8. The molecule has 1 aromatic rings. The van der Waals surface area contributed by atoms with Crippen molar-refractivity contribution >= 4 is 23.4 Å². The van der Waals surface area contributed by atoms with Gasteiger partial charge in [-0.05, 0) is 37.2 Å². The average Bonchev–Trinajstić information content (AvgIpc) is 2.39. The Morgan fingerprint density at radius 2 is 1.90 bits per heavy atom. The molecule has 0 aliphatic rings. The summed E-state index contributed by atoms with van der Waals surface area (Å²) >= 11 is 5.73. The summed E-state index contributed by atoms with van der Waals surface area (Å²) in [7, 11) is 0. The van der Waals surface area contributed by atoms with Gasteiger partial charge in [-0.25, -0.2) is 0 Å². The molecule has 0 saturated carbocycles. The number of nitrogens with one attached hydrogen (secondary N) is 1. The van der Waals surface area contributed by atoms with E-state index in [0.29, 0.717) is 23.7 Å². The van der Waals surface area contributed by atoms with E-state index in [1.54, 1.807) is 29.2 Å². The summed E-state index contributed by atoms with van der Waals surface area (Å²) in [5.41, 5.74) is 0.381. The van der Waals surface area contributed by atoms with Crippen LogP contribution in [0.1, 0.15) is 23.7 Å². The molecule has 0 radical (unpaired) electrons. The predicted octanol–water partition coefficient (Wildman–Crippen LogP) is 1.30. The molecular weight excluding hydrogens is 280 g/mol. The van der Waals surface area contributed by atoms with Gasteiger partial charge in [0.1, 0.15) is 0 Å². The third-order valence-electron chi connectivity index (χ3n) is 2.68. The van der Waals surface area contributed by atoms with Crippen LogP contribution in [-0.4, -0.2) is 48.1 Å². The number of imide groups is 1. The Bertz CT molecular complexity index is 442. The van der Waals surface area contributed by atoms with Gasteiger partial charge in [-0.3, -0.25) is 19.8 Å². The van der Waals surface area contributed by atoms with E-state index >= 15 is 0 Å². The van der Waals surface area contributed by atoms with Crippen LogP contribution >= 0.6 is 11.6 Å². The van der Waals surface area contributed by atoms with Crippen LogP contribution in [0.4, 0.5) is 0 Å². The van der Waals surface area contributed by atoms with Gasteiger partial charge < -0.3 is 5.11 Å². The first-order chi connectivity index (χ1) is 9.56. The molecule has 5 nitrogen and oxygen atoms in total. The fourth-order valence-electron chi connectivity index (χ4n) is 1.77. The zero-order chi connectivity index (χ0) is 15.0. The number of nitrogens with zero attached hydrogens (tertiary/aromatic N) is 1. The molecule has 1 aromatic carbocycles. The van der Waals surface area contributed by atoms with Crippen molar-refractivity contribution < 1.29 is 14.7 Å². The maximum Gasteiger partial charge on any atom is 0.257 e. The number of hydrogen-bond acceptors (Lipinski definition) is 4. The predicted molar refractivity (Wildman–Crippen MR) is 77.7 cm³/mol. The zero-order valence-electron chi connectivity index (χ0n) is 11.4. The fraction of sp³-hybridized carbons (Fsp3) is 0.429. The number of carbonyl (C=O) groups excluding carboxylic acids is 2.